The summed E-state index contributed by atoms with van der Waals surface area (Å²) >= 11 is 0. The summed E-state index contributed by atoms with van der Waals surface area (Å²) in [7, 11) is 0. The third-order valence-corrected chi connectivity index (χ3v) is 1.77. The summed E-state index contributed by atoms with van der Waals surface area (Å²) < 4.78 is 5.41. The van der Waals surface area contributed by atoms with Crippen molar-refractivity contribution < 1.29 is 4.74 Å². The summed E-state index contributed by atoms with van der Waals surface area (Å²) in [6.45, 7) is 3.15. The van der Waals surface area contributed by atoms with Gasteiger partial charge >= 0.3 is 0 Å². The first kappa shape index (κ1) is 7.80. The SMILES string of the molecule is CCCC=CC1CCCO1. The maximum atomic E-state index is 5.41. The Labute approximate surface area is 63.1 Å². The second-order valence-electron chi connectivity index (χ2n) is 2.77. The van der Waals surface area contributed by atoms with E-state index in [0.29, 0.717) is 6.10 Å². The summed E-state index contributed by atoms with van der Waals surface area (Å²) in [4.78, 5) is 0. The Kier molecular flexibility index (Phi) is 3.52. The first-order valence-electron chi connectivity index (χ1n) is 4.21. The summed E-state index contributed by atoms with van der Waals surface area (Å²) in [6.07, 6.45) is 9.77. The molecule has 0 N–H and O–H groups in total. The second kappa shape index (κ2) is 4.51. The van der Waals surface area contributed by atoms with Gasteiger partial charge in [-0.05, 0) is 19.3 Å². The zero-order valence-corrected chi connectivity index (χ0v) is 6.68. The van der Waals surface area contributed by atoms with E-state index in [-0.39, 0.29) is 0 Å². The summed E-state index contributed by atoms with van der Waals surface area (Å²) in [5.41, 5.74) is 0. The first-order chi connectivity index (χ1) is 4.93. The van der Waals surface area contributed by atoms with Crippen LogP contribution >= 0.6 is 0 Å². The highest BCUT2D eigenvalue weighted by Gasteiger charge is 2.10. The Morgan fingerprint density at radius 2 is 2.50 bits per heavy atom. The molecule has 1 heteroatoms. The van der Waals surface area contributed by atoms with E-state index in [1.807, 2.05) is 0 Å². The molecule has 10 heavy (non-hydrogen) atoms. The van der Waals surface area contributed by atoms with Crippen molar-refractivity contribution in [3.8, 4) is 0 Å². The predicted molar refractivity (Wildman–Crippen MR) is 43.0 cm³/mol. The number of hydrogen-bond donors (Lipinski definition) is 0. The van der Waals surface area contributed by atoms with E-state index < -0.39 is 0 Å². The van der Waals surface area contributed by atoms with Crippen LogP contribution in [0, 0.1) is 0 Å². The number of unbranched alkanes of at least 4 members (excludes halogenated alkanes) is 1. The van der Waals surface area contributed by atoms with Gasteiger partial charge in [-0.25, -0.2) is 0 Å². The minimum absolute atomic E-state index is 0.437. The van der Waals surface area contributed by atoms with Crippen molar-refractivity contribution in [2.75, 3.05) is 6.61 Å². The molecule has 0 radical (unpaired) electrons. The molecule has 1 rings (SSSR count). The lowest BCUT2D eigenvalue weighted by atomic mass is 10.2. The van der Waals surface area contributed by atoms with Crippen molar-refractivity contribution in [2.45, 2.75) is 38.7 Å². The number of allylic oxidation sites excluding steroid dienone is 1. The van der Waals surface area contributed by atoms with Gasteiger partial charge in [0.15, 0.2) is 0 Å². The standard InChI is InChI=1S/C9H16O/c1-2-3-4-6-9-7-5-8-10-9/h4,6,9H,2-3,5,7-8H2,1H3. The van der Waals surface area contributed by atoms with Gasteiger partial charge in [-0.1, -0.05) is 25.5 Å². The Morgan fingerprint density at radius 3 is 3.10 bits per heavy atom. The van der Waals surface area contributed by atoms with Gasteiger partial charge in [-0.3, -0.25) is 0 Å². The molecule has 1 aliphatic heterocycles. The van der Waals surface area contributed by atoms with Gasteiger partial charge in [-0.15, -0.1) is 0 Å². The van der Waals surface area contributed by atoms with Crippen LogP contribution in [0.25, 0.3) is 0 Å². The normalized spacial score (nSPS) is 26.3. The predicted octanol–water partition coefficient (Wildman–Crippen LogP) is 2.52. The number of rotatable bonds is 3. The average molecular weight is 140 g/mol. The maximum absolute atomic E-state index is 5.41. The van der Waals surface area contributed by atoms with E-state index in [2.05, 4.69) is 19.1 Å². The van der Waals surface area contributed by atoms with Crippen LogP contribution in [-0.2, 0) is 4.74 Å². The molecule has 0 aromatic heterocycles. The van der Waals surface area contributed by atoms with Gasteiger partial charge in [0, 0.05) is 6.61 Å². The minimum atomic E-state index is 0.437. The molecule has 1 nitrogen and oxygen atoms in total. The molecule has 58 valence electrons. The fourth-order valence-corrected chi connectivity index (χ4v) is 1.17. The first-order valence-corrected chi connectivity index (χ1v) is 4.21. The van der Waals surface area contributed by atoms with Gasteiger partial charge in [0.05, 0.1) is 6.10 Å². The molecule has 1 fully saturated rings. The molecule has 0 aromatic carbocycles. The van der Waals surface area contributed by atoms with Crippen LogP contribution < -0.4 is 0 Å². The van der Waals surface area contributed by atoms with E-state index in [0.717, 1.165) is 6.61 Å². The summed E-state index contributed by atoms with van der Waals surface area (Å²) in [5.74, 6) is 0. The Morgan fingerprint density at radius 1 is 1.60 bits per heavy atom. The molecule has 0 amide bonds. The fourth-order valence-electron chi connectivity index (χ4n) is 1.17. The molecule has 1 unspecified atom stereocenters. The van der Waals surface area contributed by atoms with Gasteiger partial charge in [0.25, 0.3) is 0 Å². The highest BCUT2D eigenvalue weighted by Crippen LogP contribution is 2.12. The van der Waals surface area contributed by atoms with Crippen molar-refractivity contribution >= 4 is 0 Å². The van der Waals surface area contributed by atoms with Crippen LogP contribution in [0.1, 0.15) is 32.6 Å². The van der Waals surface area contributed by atoms with E-state index in [9.17, 15) is 0 Å². The van der Waals surface area contributed by atoms with Crippen molar-refractivity contribution in [2.24, 2.45) is 0 Å². The van der Waals surface area contributed by atoms with Crippen molar-refractivity contribution in [1.82, 2.24) is 0 Å². The van der Waals surface area contributed by atoms with E-state index in [4.69, 9.17) is 4.74 Å². The lowest BCUT2D eigenvalue weighted by molar-refractivity contribution is 0.145. The monoisotopic (exact) mass is 140 g/mol. The average Bonchev–Trinajstić information content (AvgIpc) is 2.41. The van der Waals surface area contributed by atoms with Gasteiger partial charge in [0.2, 0.25) is 0 Å². The van der Waals surface area contributed by atoms with Gasteiger partial charge in [0.1, 0.15) is 0 Å². The smallest absolute Gasteiger partial charge is 0.0756 e. The second-order valence-corrected chi connectivity index (χ2v) is 2.77. The van der Waals surface area contributed by atoms with Gasteiger partial charge < -0.3 is 4.74 Å². The highest BCUT2D eigenvalue weighted by atomic mass is 16.5. The van der Waals surface area contributed by atoms with E-state index >= 15 is 0 Å². The molecule has 0 aliphatic carbocycles. The van der Waals surface area contributed by atoms with E-state index in [1.54, 1.807) is 0 Å². The molecular weight excluding hydrogens is 124 g/mol. The van der Waals surface area contributed by atoms with Crippen molar-refractivity contribution in [3.05, 3.63) is 12.2 Å². The third-order valence-electron chi connectivity index (χ3n) is 1.77. The summed E-state index contributed by atoms with van der Waals surface area (Å²) in [6, 6.07) is 0. The number of ether oxygens (including phenoxy) is 1. The Hall–Kier alpha value is -0.300. The summed E-state index contributed by atoms with van der Waals surface area (Å²) in [5, 5.41) is 0. The highest BCUT2D eigenvalue weighted by molar-refractivity contribution is 4.91. The van der Waals surface area contributed by atoms with Crippen LogP contribution in [0.4, 0.5) is 0 Å². The zero-order valence-electron chi connectivity index (χ0n) is 6.68. The quantitative estimate of drug-likeness (QED) is 0.547. The zero-order chi connectivity index (χ0) is 7.23. The number of hydrogen-bond acceptors (Lipinski definition) is 1. The lowest BCUT2D eigenvalue weighted by Gasteiger charge is -1.99. The van der Waals surface area contributed by atoms with Crippen molar-refractivity contribution in [3.63, 3.8) is 0 Å². The van der Waals surface area contributed by atoms with Gasteiger partial charge in [-0.2, -0.15) is 0 Å². The van der Waals surface area contributed by atoms with Crippen LogP contribution in [0.5, 0.6) is 0 Å². The van der Waals surface area contributed by atoms with E-state index in [1.165, 1.54) is 25.7 Å². The molecule has 1 heterocycles. The lowest BCUT2D eigenvalue weighted by Crippen LogP contribution is -1.98. The van der Waals surface area contributed by atoms with Crippen LogP contribution in [0.2, 0.25) is 0 Å². The largest absolute Gasteiger partial charge is 0.374 e. The molecule has 1 aliphatic rings. The maximum Gasteiger partial charge on any atom is 0.0756 e. The van der Waals surface area contributed by atoms with Crippen molar-refractivity contribution in [1.29, 1.82) is 0 Å². The van der Waals surface area contributed by atoms with Crippen LogP contribution in [0.15, 0.2) is 12.2 Å². The fraction of sp³-hybridized carbons (Fsp3) is 0.778. The Bertz CT molecular complexity index is 101. The molecule has 0 spiro atoms. The Balaban J connectivity index is 2.10. The molecule has 1 saturated heterocycles. The molecule has 1 atom stereocenters. The molecular formula is C9H16O. The molecule has 0 aromatic rings. The molecule has 0 bridgehead atoms. The third kappa shape index (κ3) is 2.53. The minimum Gasteiger partial charge on any atom is -0.374 e. The van der Waals surface area contributed by atoms with Crippen LogP contribution in [-0.4, -0.2) is 12.7 Å². The van der Waals surface area contributed by atoms with Crippen LogP contribution in [0.3, 0.4) is 0 Å². The molecule has 0 saturated carbocycles. The topological polar surface area (TPSA) is 9.23 Å².